The molecule has 289 valence electrons. The molecule has 4 aliphatic rings. The first-order valence-electron chi connectivity index (χ1n) is 18.5. The van der Waals surface area contributed by atoms with Gasteiger partial charge in [-0.1, -0.05) is 30.3 Å². The van der Waals surface area contributed by atoms with Crippen LogP contribution in [0.5, 0.6) is 17.2 Å². The zero-order valence-electron chi connectivity index (χ0n) is 31.8. The van der Waals surface area contributed by atoms with Gasteiger partial charge in [0.1, 0.15) is 5.75 Å². The monoisotopic (exact) mass is 999 g/mol. The van der Waals surface area contributed by atoms with Crippen LogP contribution in [0.1, 0.15) is 68.7 Å². The average molecular weight is 1000 g/mol. The van der Waals surface area contributed by atoms with Gasteiger partial charge >= 0.3 is 0 Å². The van der Waals surface area contributed by atoms with Crippen molar-refractivity contribution in [2.24, 2.45) is 4.99 Å². The van der Waals surface area contributed by atoms with Gasteiger partial charge < -0.3 is 35.6 Å². The second-order valence-corrected chi connectivity index (χ2v) is 13.7. The molecule has 56 heavy (non-hydrogen) atoms. The number of ether oxygens (including phenoxy) is 4. The summed E-state index contributed by atoms with van der Waals surface area (Å²) in [5.74, 6) is 1.79. The van der Waals surface area contributed by atoms with Crippen molar-refractivity contribution >= 4 is 41.4 Å². The van der Waals surface area contributed by atoms with Gasteiger partial charge in [0.05, 0.1) is 37.6 Å². The Morgan fingerprint density at radius 3 is 2.43 bits per heavy atom. The maximum atomic E-state index is 13.7. The van der Waals surface area contributed by atoms with Crippen molar-refractivity contribution in [2.45, 2.75) is 64.0 Å². The number of aliphatic imine (C=N–C) groups is 1. The smallest absolute Gasteiger partial charge is 0.261 e. The average Bonchev–Trinajstić information content (AvgIpc) is 3.68. The second kappa shape index (κ2) is 20.1. The second-order valence-electron chi connectivity index (χ2n) is 13.7. The predicted octanol–water partition coefficient (Wildman–Crippen LogP) is 7.18. The minimum absolute atomic E-state index is 0. The number of nitrogens with zero attached hydrogens (tertiary/aromatic N) is 3. The standard InChI is InChI=1S/C38H34N3O5.C6H10O2.W.Y/c1-23-16-29-24(12-13-27-17-25-8-3-5-10-32(25)40(27)37(29)42)19-34(23)45-14-7-15-46-36-21-31-30(20-35(36)44-2)38(43)41-28(22-39-31)18-26-9-4-6-11-33(26)41;1-2-5-8-6-3-4-7;;/h4-6,8-11,16,19-22,27-28H,7,12-15,17-18H2,1-2H3;1-3,5-6H2;;/q-1;-2;;/t27-,28+;;;/m1.../s1. The SMILES string of the molecule is COc1cc2c(cc1OCCCOc1cc3c(cc1C)C(=O)N1c4cc[c-]cc4C[C@H]1CC3)N=C[C@@H]1Cc3ccccc3N1C2=O.[CH2-]CCOCC[C-]=O.[W].[Y]. The van der Waals surface area contributed by atoms with Crippen LogP contribution in [0.3, 0.4) is 0 Å². The molecule has 0 spiro atoms. The normalized spacial score (nSPS) is 16.8. The number of fused-ring (bicyclic) bond motifs is 8. The quantitative estimate of drug-likeness (QED) is 0.110. The van der Waals surface area contributed by atoms with Gasteiger partial charge in [0.25, 0.3) is 11.8 Å². The third-order valence-corrected chi connectivity index (χ3v) is 10.2. The molecule has 12 heteroatoms. The summed E-state index contributed by atoms with van der Waals surface area (Å²) in [4.78, 5) is 45.4. The fraction of sp³-hybridized carbons (Fsp3) is 0.341. The first-order chi connectivity index (χ1) is 26.4. The largest absolute Gasteiger partial charge is 0.542 e. The topological polar surface area (TPSA) is 107 Å². The van der Waals surface area contributed by atoms with Crippen LogP contribution in [-0.2, 0) is 82.6 Å². The first-order valence-corrected chi connectivity index (χ1v) is 18.5. The molecule has 10 nitrogen and oxygen atoms in total. The number of carbonyl (C=O) groups is 2. The summed E-state index contributed by atoms with van der Waals surface area (Å²) in [6.07, 6.45) is 8.71. The van der Waals surface area contributed by atoms with Gasteiger partial charge in [-0.3, -0.25) is 25.8 Å². The summed E-state index contributed by atoms with van der Waals surface area (Å²) in [5, 5.41) is 0. The Bertz CT molecular complexity index is 2070. The summed E-state index contributed by atoms with van der Waals surface area (Å²) in [6, 6.07) is 24.6. The van der Waals surface area contributed by atoms with Crippen molar-refractivity contribution in [1.82, 2.24) is 0 Å². The van der Waals surface area contributed by atoms with Crippen LogP contribution in [0.15, 0.2) is 71.7 Å². The Morgan fingerprint density at radius 2 is 1.64 bits per heavy atom. The molecule has 4 aliphatic heterocycles. The third-order valence-electron chi connectivity index (χ3n) is 10.2. The molecule has 4 aromatic carbocycles. The number of para-hydroxylation sites is 1. The van der Waals surface area contributed by atoms with E-state index < -0.39 is 0 Å². The van der Waals surface area contributed by atoms with Crippen molar-refractivity contribution in [3.05, 3.63) is 113 Å². The van der Waals surface area contributed by atoms with Gasteiger partial charge in [0.2, 0.25) is 0 Å². The Morgan fingerprint density at radius 1 is 0.875 bits per heavy atom. The number of amides is 2. The molecule has 0 saturated carbocycles. The van der Waals surface area contributed by atoms with E-state index in [9.17, 15) is 14.4 Å². The van der Waals surface area contributed by atoms with E-state index in [-0.39, 0.29) is 77.7 Å². The zero-order valence-corrected chi connectivity index (χ0v) is 37.5. The number of aryl methyl sites for hydroxylation is 2. The number of benzene rings is 4. The van der Waals surface area contributed by atoms with E-state index in [4.69, 9.17) is 23.9 Å². The molecule has 2 amide bonds. The van der Waals surface area contributed by atoms with Crippen LogP contribution in [0.4, 0.5) is 17.1 Å². The molecule has 2 atom stereocenters. The van der Waals surface area contributed by atoms with E-state index in [0.29, 0.717) is 62.0 Å². The molecular weight excluding hydrogens is 955 g/mol. The van der Waals surface area contributed by atoms with Gasteiger partial charge in [-0.25, -0.2) is 0 Å². The van der Waals surface area contributed by atoms with Crippen LogP contribution in [0.2, 0.25) is 0 Å². The number of hydrogen-bond acceptors (Lipinski definition) is 8. The Hall–Kier alpha value is -3.69. The van der Waals surface area contributed by atoms with Crippen LogP contribution >= 0.6 is 0 Å². The molecule has 4 aromatic rings. The maximum absolute atomic E-state index is 13.7. The van der Waals surface area contributed by atoms with Crippen LogP contribution in [-0.4, -0.2) is 69.9 Å². The predicted molar refractivity (Wildman–Crippen MR) is 208 cm³/mol. The number of hydrogen-bond donors (Lipinski definition) is 0. The Balaban J connectivity index is 0.000000545. The Kier molecular flexibility index (Phi) is 15.6. The molecule has 0 saturated heterocycles. The summed E-state index contributed by atoms with van der Waals surface area (Å²) < 4.78 is 22.9. The van der Waals surface area contributed by atoms with Crippen molar-refractivity contribution in [2.75, 3.05) is 43.3 Å². The zero-order chi connectivity index (χ0) is 37.6. The maximum Gasteiger partial charge on any atom is 0.261 e. The summed E-state index contributed by atoms with van der Waals surface area (Å²) in [7, 11) is 1.57. The summed E-state index contributed by atoms with van der Waals surface area (Å²) >= 11 is 0. The molecule has 0 aromatic heterocycles. The van der Waals surface area contributed by atoms with Crippen molar-refractivity contribution in [1.29, 1.82) is 0 Å². The number of methoxy groups -OCH3 is 1. The molecular formula is C44H44N3O7WY-3. The fourth-order valence-corrected chi connectivity index (χ4v) is 7.58. The molecule has 0 N–H and O–H groups in total. The van der Waals surface area contributed by atoms with E-state index in [2.05, 4.69) is 19.1 Å². The third kappa shape index (κ3) is 9.20. The minimum Gasteiger partial charge on any atom is -0.542 e. The van der Waals surface area contributed by atoms with Crippen LogP contribution in [0, 0.1) is 19.9 Å². The van der Waals surface area contributed by atoms with Crippen LogP contribution in [0.25, 0.3) is 0 Å². The molecule has 0 aliphatic carbocycles. The van der Waals surface area contributed by atoms with Crippen molar-refractivity contribution < 1.29 is 87.1 Å². The van der Waals surface area contributed by atoms with Crippen LogP contribution < -0.4 is 24.0 Å². The van der Waals surface area contributed by atoms with E-state index in [1.807, 2.05) is 71.5 Å². The van der Waals surface area contributed by atoms with Gasteiger partial charge in [0, 0.05) is 109 Å². The Labute approximate surface area is 368 Å². The summed E-state index contributed by atoms with van der Waals surface area (Å²) in [5.41, 5.74) is 8.07. The van der Waals surface area contributed by atoms with Crippen molar-refractivity contribution in [3.8, 4) is 17.2 Å². The van der Waals surface area contributed by atoms with Crippen molar-refractivity contribution in [3.63, 3.8) is 0 Å². The molecule has 0 fully saturated rings. The van der Waals surface area contributed by atoms with E-state index in [1.165, 1.54) is 5.56 Å². The van der Waals surface area contributed by atoms with Gasteiger partial charge in [-0.15, -0.1) is 18.1 Å². The van der Waals surface area contributed by atoms with E-state index in [0.717, 1.165) is 71.5 Å². The van der Waals surface area contributed by atoms with Gasteiger partial charge in [0.15, 0.2) is 11.5 Å². The molecule has 0 bridgehead atoms. The molecule has 0 unspecified atom stereocenters. The van der Waals surface area contributed by atoms with Gasteiger partial charge in [-0.2, -0.15) is 24.6 Å². The number of rotatable bonds is 12. The molecule has 4 heterocycles. The summed E-state index contributed by atoms with van der Waals surface area (Å²) in [6.45, 7) is 7.52. The van der Waals surface area contributed by atoms with Gasteiger partial charge in [-0.05, 0) is 60.7 Å². The molecule has 1 radical (unpaired) electrons. The minimum atomic E-state index is -0.119. The fourth-order valence-electron chi connectivity index (χ4n) is 7.58. The van der Waals surface area contributed by atoms with E-state index >= 15 is 0 Å². The first kappa shape index (κ1) is 43.4. The number of carbonyl (C=O) groups excluding carboxylic acids is 3. The van der Waals surface area contributed by atoms with E-state index in [1.54, 1.807) is 25.5 Å². The molecule has 8 rings (SSSR count). The number of anilines is 2.